The molecule has 1 spiro atoms. The number of ether oxygens (including phenoxy) is 2. The topological polar surface area (TPSA) is 38.7 Å². The van der Waals surface area contributed by atoms with Gasteiger partial charge in [0.2, 0.25) is 0 Å². The van der Waals surface area contributed by atoms with Gasteiger partial charge in [-0.05, 0) is 37.0 Å². The maximum absolute atomic E-state index is 9.00. The second-order valence-corrected chi connectivity index (χ2v) is 5.80. The smallest absolute Gasteiger partial charge is 0.162 e. The van der Waals surface area contributed by atoms with Crippen molar-refractivity contribution >= 4 is 15.9 Å². The summed E-state index contributed by atoms with van der Waals surface area (Å²) < 4.78 is 12.6. The molecule has 3 rings (SSSR count). The van der Waals surface area contributed by atoms with Gasteiger partial charge in [-0.3, -0.25) is 0 Å². The number of rotatable bonds is 2. The summed E-state index contributed by atoms with van der Waals surface area (Å²) in [5.41, 5.74) is 1.32. The third-order valence-electron chi connectivity index (χ3n) is 3.52. The van der Waals surface area contributed by atoms with E-state index in [4.69, 9.17) is 14.6 Å². The van der Waals surface area contributed by atoms with Crippen LogP contribution in [-0.4, -0.2) is 24.9 Å². The number of halogens is 1. The highest BCUT2D eigenvalue weighted by atomic mass is 79.9. The number of hydrogen-bond acceptors (Lipinski definition) is 3. The summed E-state index contributed by atoms with van der Waals surface area (Å²) >= 11 is 3.50. The Labute approximate surface area is 109 Å². The Morgan fingerprint density at radius 3 is 2.41 bits per heavy atom. The number of hydrogen-bond donors (Lipinski definition) is 1. The van der Waals surface area contributed by atoms with E-state index in [1.165, 1.54) is 12.8 Å². The van der Waals surface area contributed by atoms with E-state index in [0.717, 1.165) is 34.7 Å². The molecule has 0 atom stereocenters. The summed E-state index contributed by atoms with van der Waals surface area (Å²) in [6.45, 7) is 1.65. The van der Waals surface area contributed by atoms with Gasteiger partial charge in [-0.2, -0.15) is 0 Å². The first kappa shape index (κ1) is 11.4. The van der Waals surface area contributed by atoms with Crippen LogP contribution in [0.15, 0.2) is 16.6 Å². The van der Waals surface area contributed by atoms with E-state index in [0.29, 0.717) is 6.42 Å². The van der Waals surface area contributed by atoms with Gasteiger partial charge in [-0.25, -0.2) is 0 Å². The molecular formula is C13H15BrO3. The molecule has 1 aromatic carbocycles. The molecule has 1 aliphatic carbocycles. The van der Waals surface area contributed by atoms with E-state index in [2.05, 4.69) is 15.9 Å². The zero-order valence-electron chi connectivity index (χ0n) is 9.54. The maximum Gasteiger partial charge on any atom is 0.162 e. The maximum atomic E-state index is 9.00. The van der Waals surface area contributed by atoms with E-state index in [1.54, 1.807) is 0 Å². The molecule has 4 heteroatoms. The summed E-state index contributed by atoms with van der Waals surface area (Å²) in [6, 6.07) is 3.92. The molecule has 1 N–H and O–H groups in total. The quantitative estimate of drug-likeness (QED) is 0.912. The third kappa shape index (κ3) is 2.16. The molecule has 0 radical (unpaired) electrons. The van der Waals surface area contributed by atoms with Gasteiger partial charge in [0.15, 0.2) is 11.5 Å². The molecule has 0 aromatic heterocycles. The van der Waals surface area contributed by atoms with Crippen molar-refractivity contribution in [3.63, 3.8) is 0 Å². The number of aliphatic hydroxyl groups is 1. The zero-order valence-corrected chi connectivity index (χ0v) is 11.1. The van der Waals surface area contributed by atoms with Crippen molar-refractivity contribution in [2.45, 2.75) is 19.3 Å². The van der Waals surface area contributed by atoms with Crippen LogP contribution in [-0.2, 0) is 6.42 Å². The summed E-state index contributed by atoms with van der Waals surface area (Å²) in [6.07, 6.45) is 3.03. The Morgan fingerprint density at radius 1 is 1.18 bits per heavy atom. The van der Waals surface area contributed by atoms with Crippen LogP contribution in [0.4, 0.5) is 0 Å². The van der Waals surface area contributed by atoms with Gasteiger partial charge in [-0.15, -0.1) is 0 Å². The average molecular weight is 299 g/mol. The Bertz CT molecular complexity index is 441. The van der Waals surface area contributed by atoms with Crippen LogP contribution in [0.3, 0.4) is 0 Å². The van der Waals surface area contributed by atoms with Gasteiger partial charge in [0.1, 0.15) is 0 Å². The van der Waals surface area contributed by atoms with Crippen LogP contribution in [0.1, 0.15) is 18.4 Å². The summed E-state index contributed by atoms with van der Waals surface area (Å²) in [5, 5.41) is 9.00. The van der Waals surface area contributed by atoms with Crippen molar-refractivity contribution in [3.05, 3.63) is 22.2 Å². The molecule has 92 valence electrons. The predicted octanol–water partition coefficient (Wildman–Crippen LogP) is 2.54. The fourth-order valence-electron chi connectivity index (χ4n) is 2.08. The molecule has 0 unspecified atom stereocenters. The van der Waals surface area contributed by atoms with Crippen molar-refractivity contribution in [2.75, 3.05) is 19.8 Å². The first-order chi connectivity index (χ1) is 8.22. The number of benzene rings is 1. The zero-order chi connectivity index (χ0) is 11.9. The lowest BCUT2D eigenvalue weighted by molar-refractivity contribution is 0.197. The largest absolute Gasteiger partial charge is 0.489 e. The Morgan fingerprint density at radius 2 is 1.82 bits per heavy atom. The minimum Gasteiger partial charge on any atom is -0.489 e. The lowest BCUT2D eigenvalue weighted by Crippen LogP contribution is -2.17. The summed E-state index contributed by atoms with van der Waals surface area (Å²) in [4.78, 5) is 0. The molecular weight excluding hydrogens is 284 g/mol. The van der Waals surface area contributed by atoms with Crippen LogP contribution < -0.4 is 9.47 Å². The highest BCUT2D eigenvalue weighted by molar-refractivity contribution is 9.10. The first-order valence-electron chi connectivity index (χ1n) is 5.91. The minimum absolute atomic E-state index is 0.141. The van der Waals surface area contributed by atoms with Crippen molar-refractivity contribution in [1.29, 1.82) is 0 Å². The van der Waals surface area contributed by atoms with Crippen LogP contribution in [0.25, 0.3) is 0 Å². The molecule has 1 aliphatic heterocycles. The van der Waals surface area contributed by atoms with E-state index >= 15 is 0 Å². The molecule has 17 heavy (non-hydrogen) atoms. The van der Waals surface area contributed by atoms with Crippen molar-refractivity contribution in [1.82, 2.24) is 0 Å². The van der Waals surface area contributed by atoms with Crippen molar-refractivity contribution in [3.8, 4) is 11.5 Å². The molecule has 0 bridgehead atoms. The van der Waals surface area contributed by atoms with Gasteiger partial charge in [0.05, 0.1) is 13.2 Å². The Hall–Kier alpha value is -0.740. The number of fused-ring (bicyclic) bond motifs is 1. The summed E-state index contributed by atoms with van der Waals surface area (Å²) in [7, 11) is 0. The predicted molar refractivity (Wildman–Crippen MR) is 67.6 cm³/mol. The fraction of sp³-hybridized carbons (Fsp3) is 0.538. The molecule has 2 aliphatic rings. The third-order valence-corrected chi connectivity index (χ3v) is 4.26. The highest BCUT2D eigenvalue weighted by Crippen LogP contribution is 2.49. The monoisotopic (exact) mass is 298 g/mol. The Balaban J connectivity index is 1.90. The van der Waals surface area contributed by atoms with Gasteiger partial charge < -0.3 is 14.6 Å². The fourth-order valence-corrected chi connectivity index (χ4v) is 2.60. The van der Waals surface area contributed by atoms with Crippen molar-refractivity contribution < 1.29 is 14.6 Å². The van der Waals surface area contributed by atoms with Crippen LogP contribution >= 0.6 is 15.9 Å². The summed E-state index contributed by atoms with van der Waals surface area (Å²) in [5.74, 6) is 1.61. The first-order valence-corrected chi connectivity index (χ1v) is 6.71. The lowest BCUT2D eigenvalue weighted by atomic mass is 10.1. The SMILES string of the molecule is OCCc1cc2c(cc1Br)OCC1(CC1)CO2. The van der Waals surface area contributed by atoms with Crippen molar-refractivity contribution in [2.24, 2.45) is 5.41 Å². The van der Waals surface area contributed by atoms with E-state index in [-0.39, 0.29) is 12.0 Å². The highest BCUT2D eigenvalue weighted by Gasteiger charge is 2.46. The minimum atomic E-state index is 0.141. The molecule has 0 amide bonds. The van der Waals surface area contributed by atoms with Crippen LogP contribution in [0.5, 0.6) is 11.5 Å². The van der Waals surface area contributed by atoms with E-state index in [1.807, 2.05) is 12.1 Å². The molecule has 1 aromatic rings. The number of aliphatic hydroxyl groups excluding tert-OH is 1. The lowest BCUT2D eigenvalue weighted by Gasteiger charge is -2.10. The molecule has 1 saturated carbocycles. The molecule has 0 saturated heterocycles. The molecule has 1 heterocycles. The molecule has 1 fully saturated rings. The van der Waals surface area contributed by atoms with Crippen LogP contribution in [0.2, 0.25) is 0 Å². The van der Waals surface area contributed by atoms with E-state index in [9.17, 15) is 0 Å². The standard InChI is InChI=1S/C13H15BrO3/c14-10-6-12-11(5-9(10)1-4-15)16-7-13(2-3-13)8-17-12/h5-6,15H,1-4,7-8H2. The molecule has 3 nitrogen and oxygen atoms in total. The van der Waals surface area contributed by atoms with Crippen LogP contribution in [0, 0.1) is 5.41 Å². The Kier molecular flexibility index (Phi) is 2.79. The van der Waals surface area contributed by atoms with Gasteiger partial charge >= 0.3 is 0 Å². The second-order valence-electron chi connectivity index (χ2n) is 4.94. The normalized spacial score (nSPS) is 20.1. The van der Waals surface area contributed by atoms with Gasteiger partial charge in [0.25, 0.3) is 0 Å². The van der Waals surface area contributed by atoms with E-state index < -0.39 is 0 Å². The average Bonchev–Trinajstić information content (AvgIpc) is 3.10. The van der Waals surface area contributed by atoms with Gasteiger partial charge in [-0.1, -0.05) is 15.9 Å². The second kappa shape index (κ2) is 4.18. The van der Waals surface area contributed by atoms with Gasteiger partial charge in [0, 0.05) is 16.5 Å².